The van der Waals surface area contributed by atoms with Gasteiger partial charge in [0.1, 0.15) is 11.8 Å². The molecule has 0 bridgehead atoms. The monoisotopic (exact) mass is 431 g/mol. The van der Waals surface area contributed by atoms with E-state index in [1.54, 1.807) is 31.2 Å². The molecule has 30 heavy (non-hydrogen) atoms. The number of carbonyl (C=O) groups is 2. The fourth-order valence-electron chi connectivity index (χ4n) is 2.30. The predicted molar refractivity (Wildman–Crippen MR) is 108 cm³/mol. The molecule has 0 heterocycles. The van der Waals surface area contributed by atoms with Gasteiger partial charge in [0, 0.05) is 19.8 Å². The fraction of sp³-hybridized carbons (Fsp3) is 0.250. The van der Waals surface area contributed by atoms with Gasteiger partial charge in [0.15, 0.2) is 13.2 Å². The van der Waals surface area contributed by atoms with Crippen LogP contribution in [0.3, 0.4) is 0 Å². The molecule has 0 spiro atoms. The number of nitrogens with one attached hydrogen (secondary N) is 1. The molecule has 1 amide bonds. The summed E-state index contributed by atoms with van der Waals surface area (Å²) >= 11 is 0. The average Bonchev–Trinajstić information content (AvgIpc) is 2.72. The molecule has 1 N–H and O–H groups in total. The molecule has 0 aromatic heterocycles. The maximum absolute atomic E-state index is 12.2. The van der Waals surface area contributed by atoms with Gasteiger partial charge in [0.25, 0.3) is 5.91 Å². The van der Waals surface area contributed by atoms with Crippen molar-refractivity contribution in [2.45, 2.75) is 11.8 Å². The van der Waals surface area contributed by atoms with Crippen molar-refractivity contribution in [2.24, 2.45) is 0 Å². The third kappa shape index (κ3) is 5.79. The summed E-state index contributed by atoms with van der Waals surface area (Å²) in [5.41, 5.74) is 1.20. The number of esters is 1. The second-order valence-electron chi connectivity index (χ2n) is 6.37. The molecule has 10 heteroatoms. The summed E-state index contributed by atoms with van der Waals surface area (Å²) in [4.78, 5) is 23.9. The van der Waals surface area contributed by atoms with Crippen LogP contribution in [0.15, 0.2) is 47.4 Å². The molecule has 2 aromatic rings. The first-order valence-corrected chi connectivity index (χ1v) is 10.2. The first-order chi connectivity index (χ1) is 14.1. The number of aryl methyl sites for hydroxylation is 1. The molecular weight excluding hydrogens is 410 g/mol. The number of sulfonamides is 1. The summed E-state index contributed by atoms with van der Waals surface area (Å²) in [5, 5.41) is 11.5. The summed E-state index contributed by atoms with van der Waals surface area (Å²) in [6.45, 7) is 0.655. The van der Waals surface area contributed by atoms with Gasteiger partial charge in [-0.25, -0.2) is 17.5 Å². The van der Waals surface area contributed by atoms with Crippen LogP contribution in [0.2, 0.25) is 0 Å². The number of benzene rings is 2. The van der Waals surface area contributed by atoms with Gasteiger partial charge in [0.05, 0.1) is 10.5 Å². The second-order valence-corrected chi connectivity index (χ2v) is 8.52. The van der Waals surface area contributed by atoms with E-state index in [0.717, 1.165) is 4.31 Å². The molecule has 2 aromatic carbocycles. The van der Waals surface area contributed by atoms with Crippen LogP contribution in [0, 0.1) is 18.3 Å². The van der Waals surface area contributed by atoms with Gasteiger partial charge in [0.2, 0.25) is 10.0 Å². The number of amides is 1. The van der Waals surface area contributed by atoms with Crippen molar-refractivity contribution in [1.29, 1.82) is 5.26 Å². The van der Waals surface area contributed by atoms with E-state index in [4.69, 9.17) is 14.7 Å². The Kier molecular flexibility index (Phi) is 7.52. The highest BCUT2D eigenvalue weighted by Gasteiger charge is 2.19. The number of para-hydroxylation sites is 1. The highest BCUT2D eigenvalue weighted by atomic mass is 32.2. The van der Waals surface area contributed by atoms with Gasteiger partial charge in [-0.3, -0.25) is 4.79 Å². The number of nitriles is 1. The summed E-state index contributed by atoms with van der Waals surface area (Å²) in [7, 11) is -0.846. The maximum atomic E-state index is 12.2. The summed E-state index contributed by atoms with van der Waals surface area (Å²) in [5.74, 6) is -1.20. The van der Waals surface area contributed by atoms with Crippen LogP contribution < -0.4 is 10.1 Å². The number of anilines is 1. The Labute approximate surface area is 174 Å². The zero-order valence-electron chi connectivity index (χ0n) is 16.7. The van der Waals surface area contributed by atoms with Gasteiger partial charge < -0.3 is 14.8 Å². The lowest BCUT2D eigenvalue weighted by Gasteiger charge is -2.14. The molecule has 0 aliphatic rings. The van der Waals surface area contributed by atoms with Gasteiger partial charge in [-0.1, -0.05) is 18.2 Å². The fourth-order valence-corrected chi connectivity index (χ4v) is 3.23. The molecule has 0 atom stereocenters. The van der Waals surface area contributed by atoms with Crippen LogP contribution in [-0.4, -0.2) is 51.9 Å². The molecule has 0 aliphatic carbocycles. The van der Waals surface area contributed by atoms with E-state index >= 15 is 0 Å². The lowest BCUT2D eigenvalue weighted by molar-refractivity contribution is -0.149. The number of nitrogens with zero attached hydrogens (tertiary/aromatic N) is 2. The predicted octanol–water partition coefficient (Wildman–Crippen LogP) is 1.68. The minimum Gasteiger partial charge on any atom is -0.481 e. The Morgan fingerprint density at radius 3 is 2.50 bits per heavy atom. The first kappa shape index (κ1) is 22.9. The van der Waals surface area contributed by atoms with E-state index in [1.165, 1.54) is 32.3 Å². The van der Waals surface area contributed by atoms with E-state index in [-0.39, 0.29) is 21.9 Å². The van der Waals surface area contributed by atoms with Crippen LogP contribution in [0.4, 0.5) is 5.69 Å². The van der Waals surface area contributed by atoms with Crippen LogP contribution in [0.25, 0.3) is 0 Å². The zero-order valence-corrected chi connectivity index (χ0v) is 17.5. The van der Waals surface area contributed by atoms with Gasteiger partial charge in [-0.2, -0.15) is 5.26 Å². The Morgan fingerprint density at radius 2 is 1.83 bits per heavy atom. The molecule has 0 fully saturated rings. The van der Waals surface area contributed by atoms with Crippen molar-refractivity contribution in [1.82, 2.24) is 4.31 Å². The van der Waals surface area contributed by atoms with Crippen molar-refractivity contribution >= 4 is 27.6 Å². The third-order valence-electron chi connectivity index (χ3n) is 3.98. The van der Waals surface area contributed by atoms with Gasteiger partial charge in [-0.15, -0.1) is 0 Å². The Morgan fingerprint density at radius 1 is 1.13 bits per heavy atom. The summed E-state index contributed by atoms with van der Waals surface area (Å²) in [6.07, 6.45) is 0. The molecule has 158 valence electrons. The molecule has 0 saturated heterocycles. The van der Waals surface area contributed by atoms with Crippen molar-refractivity contribution in [2.75, 3.05) is 32.6 Å². The van der Waals surface area contributed by atoms with Gasteiger partial charge >= 0.3 is 5.97 Å². The molecule has 0 saturated carbocycles. The summed E-state index contributed by atoms with van der Waals surface area (Å²) < 4.78 is 35.6. The topological polar surface area (TPSA) is 126 Å². The van der Waals surface area contributed by atoms with Crippen molar-refractivity contribution < 1.29 is 27.5 Å². The third-order valence-corrected chi connectivity index (χ3v) is 5.79. The van der Waals surface area contributed by atoms with E-state index in [0.29, 0.717) is 5.56 Å². The lowest BCUT2D eigenvalue weighted by atomic mass is 10.2. The van der Waals surface area contributed by atoms with Crippen LogP contribution >= 0.6 is 0 Å². The normalized spacial score (nSPS) is 10.9. The molecule has 0 radical (unpaired) electrons. The number of rotatable bonds is 8. The van der Waals surface area contributed by atoms with Crippen molar-refractivity contribution in [3.05, 3.63) is 53.6 Å². The molecule has 0 aliphatic heterocycles. The molecule has 2 rings (SSSR count). The van der Waals surface area contributed by atoms with E-state index in [9.17, 15) is 18.0 Å². The maximum Gasteiger partial charge on any atom is 0.344 e. The van der Waals surface area contributed by atoms with E-state index in [1.807, 2.05) is 6.07 Å². The van der Waals surface area contributed by atoms with Crippen LogP contribution in [-0.2, 0) is 24.3 Å². The van der Waals surface area contributed by atoms with Crippen molar-refractivity contribution in [3.63, 3.8) is 0 Å². The first-order valence-electron chi connectivity index (χ1n) is 8.75. The van der Waals surface area contributed by atoms with Crippen LogP contribution in [0.1, 0.15) is 11.1 Å². The smallest absolute Gasteiger partial charge is 0.344 e. The lowest BCUT2D eigenvalue weighted by Crippen LogP contribution is -2.25. The van der Waals surface area contributed by atoms with E-state index < -0.39 is 35.1 Å². The minimum atomic E-state index is -3.66. The number of ether oxygens (including phenoxy) is 2. The largest absolute Gasteiger partial charge is 0.481 e. The average molecular weight is 431 g/mol. The summed E-state index contributed by atoms with van der Waals surface area (Å²) in [6, 6.07) is 12.7. The minimum absolute atomic E-state index is 0.0231. The van der Waals surface area contributed by atoms with E-state index in [2.05, 4.69) is 5.32 Å². The number of hydrogen-bond donors (Lipinski definition) is 1. The SMILES string of the molecule is Cc1ccc(S(=O)(=O)N(C)C)cc1NC(=O)COC(=O)COc1ccccc1C#N. The highest BCUT2D eigenvalue weighted by molar-refractivity contribution is 7.89. The quantitative estimate of drug-likeness (QED) is 0.630. The molecular formula is C20H21N3O6S. The second kappa shape index (κ2) is 9.87. The molecule has 9 nitrogen and oxygen atoms in total. The standard InChI is InChI=1S/C20H21N3O6S/c1-14-8-9-16(30(26,27)23(2)3)10-17(14)22-19(24)12-29-20(25)13-28-18-7-5-4-6-15(18)11-21/h4-10H,12-13H2,1-3H3,(H,22,24). The zero-order chi connectivity index (χ0) is 22.3. The van der Waals surface area contributed by atoms with Crippen molar-refractivity contribution in [3.8, 4) is 11.8 Å². The Balaban J connectivity index is 1.93. The number of hydrogen-bond acceptors (Lipinski definition) is 7. The highest BCUT2D eigenvalue weighted by Crippen LogP contribution is 2.22. The van der Waals surface area contributed by atoms with Crippen LogP contribution in [0.5, 0.6) is 5.75 Å². The Hall–Kier alpha value is -3.42. The molecule has 0 unspecified atom stereocenters. The number of carbonyl (C=O) groups excluding carboxylic acids is 2. The van der Waals surface area contributed by atoms with Gasteiger partial charge in [-0.05, 0) is 36.8 Å². The Bertz CT molecular complexity index is 1090.